The quantitative estimate of drug-likeness (QED) is 0.688. The van der Waals surface area contributed by atoms with E-state index in [9.17, 15) is 8.78 Å². The predicted molar refractivity (Wildman–Crippen MR) is 50.6 cm³/mol. The summed E-state index contributed by atoms with van der Waals surface area (Å²) in [4.78, 5) is -1.66. The van der Waals surface area contributed by atoms with E-state index >= 15 is 0 Å². The lowest BCUT2D eigenvalue weighted by Crippen LogP contribution is -2.27. The minimum atomic E-state index is -3.07. The Morgan fingerprint density at radius 2 is 1.69 bits per heavy atom. The van der Waals surface area contributed by atoms with Gasteiger partial charge in [0, 0.05) is 6.42 Å². The van der Waals surface area contributed by atoms with Gasteiger partial charge in [-0.15, -0.1) is 0 Å². The predicted octanol–water partition coefficient (Wildman–Crippen LogP) is 3.67. The lowest BCUT2D eigenvalue weighted by atomic mass is 10.1. The lowest BCUT2D eigenvalue weighted by Gasteiger charge is -2.16. The van der Waals surface area contributed by atoms with Crippen LogP contribution in [0.15, 0.2) is 30.3 Å². The fourth-order valence-electron chi connectivity index (χ4n) is 0.945. The molecule has 0 heterocycles. The molecular formula is C9H8Cl2F2. The van der Waals surface area contributed by atoms with Crippen LogP contribution in [0.5, 0.6) is 0 Å². The summed E-state index contributed by atoms with van der Waals surface area (Å²) in [7, 11) is 0. The van der Waals surface area contributed by atoms with Gasteiger partial charge in [0.05, 0.1) is 0 Å². The van der Waals surface area contributed by atoms with Crippen LogP contribution in [0.25, 0.3) is 0 Å². The number of hydrogen-bond donors (Lipinski definition) is 0. The molecule has 72 valence electrons. The van der Waals surface area contributed by atoms with Crippen LogP contribution < -0.4 is 0 Å². The number of benzene rings is 1. The summed E-state index contributed by atoms with van der Waals surface area (Å²) in [6.07, 6.45) is -0.425. The largest absolute Gasteiger partial charge is 0.281 e. The van der Waals surface area contributed by atoms with Crippen LogP contribution in [-0.4, -0.2) is 10.8 Å². The highest BCUT2D eigenvalue weighted by molar-refractivity contribution is 6.45. The minimum Gasteiger partial charge on any atom is -0.203 e. The van der Waals surface area contributed by atoms with E-state index in [4.69, 9.17) is 23.2 Å². The van der Waals surface area contributed by atoms with Crippen molar-refractivity contribution in [1.29, 1.82) is 0 Å². The first kappa shape index (κ1) is 10.7. The van der Waals surface area contributed by atoms with Gasteiger partial charge in [-0.3, -0.25) is 0 Å². The van der Waals surface area contributed by atoms with Gasteiger partial charge in [0.1, 0.15) is 0 Å². The van der Waals surface area contributed by atoms with Crippen molar-refractivity contribution in [2.75, 3.05) is 0 Å². The third-order valence-corrected chi connectivity index (χ3v) is 2.24. The first-order valence-electron chi connectivity index (χ1n) is 3.72. The summed E-state index contributed by atoms with van der Waals surface area (Å²) in [6, 6.07) is 8.39. The standard InChI is InChI=1S/C9H8Cl2F2/c10-8(11)9(12,13)6-7-4-2-1-3-5-7/h1-5,8H,6H2. The van der Waals surface area contributed by atoms with Gasteiger partial charge < -0.3 is 0 Å². The van der Waals surface area contributed by atoms with Gasteiger partial charge in [-0.1, -0.05) is 53.5 Å². The normalized spacial score (nSPS) is 12.1. The van der Waals surface area contributed by atoms with Crippen LogP contribution in [0.4, 0.5) is 8.78 Å². The maximum atomic E-state index is 13.0. The third kappa shape index (κ3) is 3.12. The van der Waals surface area contributed by atoms with E-state index in [0.29, 0.717) is 5.56 Å². The fourth-order valence-corrected chi connectivity index (χ4v) is 1.10. The third-order valence-electron chi connectivity index (χ3n) is 1.60. The van der Waals surface area contributed by atoms with Gasteiger partial charge >= 0.3 is 0 Å². The molecule has 0 saturated heterocycles. The maximum Gasteiger partial charge on any atom is 0.281 e. The van der Waals surface area contributed by atoms with E-state index in [2.05, 4.69) is 0 Å². The van der Waals surface area contributed by atoms with Crippen LogP contribution in [0, 0.1) is 0 Å². The summed E-state index contributed by atoms with van der Waals surface area (Å²) in [5.41, 5.74) is 0.527. The van der Waals surface area contributed by atoms with E-state index in [0.717, 1.165) is 0 Å². The van der Waals surface area contributed by atoms with E-state index in [1.165, 1.54) is 0 Å². The lowest BCUT2D eigenvalue weighted by molar-refractivity contribution is 0.0162. The van der Waals surface area contributed by atoms with Crippen molar-refractivity contribution in [1.82, 2.24) is 0 Å². The Hall–Kier alpha value is -0.340. The second-order valence-corrected chi connectivity index (χ2v) is 3.82. The van der Waals surface area contributed by atoms with Crippen molar-refractivity contribution >= 4 is 23.2 Å². The van der Waals surface area contributed by atoms with Crippen molar-refractivity contribution in [3.8, 4) is 0 Å². The molecule has 0 saturated carbocycles. The second kappa shape index (κ2) is 4.25. The summed E-state index contributed by atoms with van der Waals surface area (Å²) >= 11 is 10.3. The van der Waals surface area contributed by atoms with Crippen LogP contribution in [0.3, 0.4) is 0 Å². The van der Waals surface area contributed by atoms with Crippen molar-refractivity contribution in [3.63, 3.8) is 0 Å². The van der Waals surface area contributed by atoms with E-state index < -0.39 is 17.2 Å². The first-order valence-corrected chi connectivity index (χ1v) is 4.59. The molecule has 1 rings (SSSR count). The van der Waals surface area contributed by atoms with E-state index in [-0.39, 0.29) is 0 Å². The smallest absolute Gasteiger partial charge is 0.203 e. The highest BCUT2D eigenvalue weighted by Crippen LogP contribution is 2.30. The van der Waals surface area contributed by atoms with Gasteiger partial charge in [0.15, 0.2) is 4.84 Å². The van der Waals surface area contributed by atoms with Gasteiger partial charge in [-0.2, -0.15) is 0 Å². The molecule has 0 amide bonds. The van der Waals surface area contributed by atoms with Crippen molar-refractivity contribution < 1.29 is 8.78 Å². The molecule has 0 radical (unpaired) electrons. The van der Waals surface area contributed by atoms with E-state index in [1.54, 1.807) is 30.3 Å². The topological polar surface area (TPSA) is 0 Å². The van der Waals surface area contributed by atoms with Crippen molar-refractivity contribution in [3.05, 3.63) is 35.9 Å². The number of halogens is 4. The first-order chi connectivity index (χ1) is 6.02. The molecule has 0 aliphatic rings. The van der Waals surface area contributed by atoms with Gasteiger partial charge in [-0.25, -0.2) is 8.78 Å². The fraction of sp³-hybridized carbons (Fsp3) is 0.333. The molecule has 0 atom stereocenters. The molecule has 0 unspecified atom stereocenters. The minimum absolute atomic E-state index is 0.425. The van der Waals surface area contributed by atoms with Crippen molar-refractivity contribution in [2.24, 2.45) is 0 Å². The number of rotatable bonds is 3. The average molecular weight is 225 g/mol. The van der Waals surface area contributed by atoms with Crippen LogP contribution in [0.1, 0.15) is 5.56 Å². The molecule has 4 heteroatoms. The molecule has 13 heavy (non-hydrogen) atoms. The second-order valence-electron chi connectivity index (χ2n) is 2.72. The molecule has 0 aliphatic carbocycles. The molecule has 0 fully saturated rings. The summed E-state index contributed by atoms with van der Waals surface area (Å²) in [5.74, 6) is -3.07. The van der Waals surface area contributed by atoms with Gasteiger partial charge in [0.25, 0.3) is 5.92 Å². The van der Waals surface area contributed by atoms with Crippen LogP contribution in [-0.2, 0) is 6.42 Å². The highest BCUT2D eigenvalue weighted by Gasteiger charge is 2.36. The summed E-state index contributed by atoms with van der Waals surface area (Å²) in [5, 5.41) is 0. The number of hydrogen-bond acceptors (Lipinski definition) is 0. The Morgan fingerprint density at radius 3 is 2.15 bits per heavy atom. The summed E-state index contributed by atoms with van der Waals surface area (Å²) < 4.78 is 25.9. The molecule has 0 spiro atoms. The van der Waals surface area contributed by atoms with Gasteiger partial charge in [0.2, 0.25) is 0 Å². The van der Waals surface area contributed by atoms with Crippen molar-refractivity contribution in [2.45, 2.75) is 17.2 Å². The molecule has 0 aromatic heterocycles. The Balaban J connectivity index is 2.69. The van der Waals surface area contributed by atoms with Crippen LogP contribution in [0.2, 0.25) is 0 Å². The molecule has 0 N–H and O–H groups in total. The molecule has 0 aliphatic heterocycles. The Labute approximate surface area is 85.5 Å². The Kier molecular flexibility index (Phi) is 3.51. The number of alkyl halides is 4. The monoisotopic (exact) mass is 224 g/mol. The average Bonchev–Trinajstić information content (AvgIpc) is 2.05. The molecule has 1 aromatic rings. The van der Waals surface area contributed by atoms with Gasteiger partial charge in [-0.05, 0) is 5.56 Å². The van der Waals surface area contributed by atoms with E-state index in [1.807, 2.05) is 0 Å². The molecule has 0 bridgehead atoms. The Morgan fingerprint density at radius 1 is 1.15 bits per heavy atom. The molecular weight excluding hydrogens is 217 g/mol. The summed E-state index contributed by atoms with van der Waals surface area (Å²) in [6.45, 7) is 0. The zero-order chi connectivity index (χ0) is 9.90. The molecule has 1 aromatic carbocycles. The maximum absolute atomic E-state index is 13.0. The van der Waals surface area contributed by atoms with Crippen LogP contribution >= 0.6 is 23.2 Å². The zero-order valence-electron chi connectivity index (χ0n) is 6.68. The SMILES string of the molecule is FC(F)(Cc1ccccc1)C(Cl)Cl. The zero-order valence-corrected chi connectivity index (χ0v) is 8.19. The molecule has 0 nitrogen and oxygen atoms in total. The Bertz CT molecular complexity index is 260. The highest BCUT2D eigenvalue weighted by atomic mass is 35.5.